The fourth-order valence-corrected chi connectivity index (χ4v) is 1.92. The quantitative estimate of drug-likeness (QED) is 0.651. The Morgan fingerprint density at radius 1 is 1.06 bits per heavy atom. The van der Waals surface area contributed by atoms with Gasteiger partial charge in [-0.25, -0.2) is 0 Å². The van der Waals surface area contributed by atoms with E-state index >= 15 is 0 Å². The molecule has 0 saturated carbocycles. The molecule has 1 aromatic rings. The fraction of sp³-hybridized carbons (Fsp3) is 0.467. The second-order valence-electron chi connectivity index (χ2n) is 4.98. The number of nitrogens with zero attached hydrogens (tertiary/aromatic N) is 1. The van der Waals surface area contributed by atoms with Gasteiger partial charge in [0.2, 0.25) is 0 Å². The van der Waals surface area contributed by atoms with Crippen LogP contribution >= 0.6 is 0 Å². The average molecular weight is 254 g/mol. The predicted octanol–water partition coefficient (Wildman–Crippen LogP) is 0.580. The van der Waals surface area contributed by atoms with Crippen molar-refractivity contribution < 1.29 is 16.9 Å². The van der Waals surface area contributed by atoms with E-state index in [-0.39, 0.29) is 12.4 Å². The number of quaternary nitrogens is 1. The van der Waals surface area contributed by atoms with Crippen LogP contribution in [-0.2, 0) is 0 Å². The minimum atomic E-state index is 0. The summed E-state index contributed by atoms with van der Waals surface area (Å²) >= 11 is 0. The summed E-state index contributed by atoms with van der Waals surface area (Å²) in [5, 5.41) is 0. The van der Waals surface area contributed by atoms with Gasteiger partial charge >= 0.3 is 0 Å². The lowest BCUT2D eigenvalue weighted by Gasteiger charge is -2.28. The Hall–Kier alpha value is -0.790. The molecule has 0 saturated heterocycles. The molecule has 0 aliphatic heterocycles. The molecule has 0 fully saturated rings. The Labute approximate surface area is 112 Å². The molecule has 0 heterocycles. The standard InChI is InChI=1S/C15H24N.ClH/c1-4-13-16(2,3)14-9-8-12-15-10-6-5-7-11-15;/h5-8,10-12H,4,9,13-14H2,1-3H3;1H/q+1;/p-1. The Bertz CT molecular complexity index is 317. The van der Waals surface area contributed by atoms with Crippen LogP contribution in [0.1, 0.15) is 25.3 Å². The predicted molar refractivity (Wildman–Crippen MR) is 72.2 cm³/mol. The molecule has 1 rings (SSSR count). The Balaban J connectivity index is 0.00000256. The van der Waals surface area contributed by atoms with Gasteiger partial charge in [0, 0.05) is 6.42 Å². The molecular formula is C15H24ClN. The van der Waals surface area contributed by atoms with Crippen LogP contribution in [-0.4, -0.2) is 31.7 Å². The summed E-state index contributed by atoms with van der Waals surface area (Å²) in [6, 6.07) is 10.5. The third-order valence-corrected chi connectivity index (χ3v) is 2.84. The topological polar surface area (TPSA) is 0 Å². The van der Waals surface area contributed by atoms with E-state index in [1.165, 1.54) is 25.1 Å². The van der Waals surface area contributed by atoms with Gasteiger partial charge < -0.3 is 16.9 Å². The molecule has 0 bridgehead atoms. The molecule has 0 aromatic heterocycles. The third kappa shape index (κ3) is 7.19. The lowest BCUT2D eigenvalue weighted by molar-refractivity contribution is -0.889. The van der Waals surface area contributed by atoms with Crippen LogP contribution in [0.4, 0.5) is 0 Å². The maximum Gasteiger partial charge on any atom is 0.0817 e. The minimum Gasteiger partial charge on any atom is -1.00 e. The second-order valence-corrected chi connectivity index (χ2v) is 4.98. The number of halogens is 1. The molecular weight excluding hydrogens is 230 g/mol. The van der Waals surface area contributed by atoms with Gasteiger partial charge in [-0.1, -0.05) is 49.4 Å². The van der Waals surface area contributed by atoms with E-state index in [0.29, 0.717) is 0 Å². The molecule has 0 aliphatic rings. The first-order valence-electron chi connectivity index (χ1n) is 6.17. The molecule has 0 atom stereocenters. The van der Waals surface area contributed by atoms with Crippen molar-refractivity contribution in [1.82, 2.24) is 0 Å². The average Bonchev–Trinajstić information content (AvgIpc) is 2.26. The summed E-state index contributed by atoms with van der Waals surface area (Å²) in [6.07, 6.45) is 6.91. The van der Waals surface area contributed by atoms with Gasteiger partial charge in [0.1, 0.15) is 0 Å². The highest BCUT2D eigenvalue weighted by atomic mass is 35.5. The largest absolute Gasteiger partial charge is 1.00 e. The Morgan fingerprint density at radius 3 is 2.29 bits per heavy atom. The summed E-state index contributed by atoms with van der Waals surface area (Å²) in [7, 11) is 4.61. The molecule has 96 valence electrons. The lowest BCUT2D eigenvalue weighted by Crippen LogP contribution is -3.00. The van der Waals surface area contributed by atoms with Crippen molar-refractivity contribution in [3.63, 3.8) is 0 Å². The van der Waals surface area contributed by atoms with Crippen LogP contribution in [0.5, 0.6) is 0 Å². The van der Waals surface area contributed by atoms with Crippen molar-refractivity contribution in [3.05, 3.63) is 42.0 Å². The molecule has 17 heavy (non-hydrogen) atoms. The van der Waals surface area contributed by atoms with Crippen molar-refractivity contribution in [3.8, 4) is 0 Å². The van der Waals surface area contributed by atoms with Gasteiger partial charge in [0.15, 0.2) is 0 Å². The molecule has 0 amide bonds. The first kappa shape index (κ1) is 16.2. The van der Waals surface area contributed by atoms with Gasteiger partial charge in [-0.2, -0.15) is 0 Å². The monoisotopic (exact) mass is 253 g/mol. The van der Waals surface area contributed by atoms with Crippen LogP contribution < -0.4 is 12.4 Å². The van der Waals surface area contributed by atoms with Gasteiger partial charge in [-0.05, 0) is 12.0 Å². The normalized spacial score (nSPS) is 11.5. The van der Waals surface area contributed by atoms with Crippen LogP contribution in [0, 0.1) is 0 Å². The summed E-state index contributed by atoms with van der Waals surface area (Å²) in [6.45, 7) is 4.73. The summed E-state index contributed by atoms with van der Waals surface area (Å²) in [4.78, 5) is 0. The molecule has 0 spiro atoms. The molecule has 1 nitrogen and oxygen atoms in total. The van der Waals surface area contributed by atoms with E-state index in [4.69, 9.17) is 0 Å². The second kappa shape index (κ2) is 8.32. The highest BCUT2D eigenvalue weighted by molar-refractivity contribution is 5.48. The van der Waals surface area contributed by atoms with E-state index in [9.17, 15) is 0 Å². The number of rotatable bonds is 6. The first-order chi connectivity index (χ1) is 7.64. The lowest BCUT2D eigenvalue weighted by atomic mass is 10.2. The van der Waals surface area contributed by atoms with Crippen molar-refractivity contribution in [2.45, 2.75) is 19.8 Å². The maximum absolute atomic E-state index is 2.31. The SMILES string of the molecule is CCC[N+](C)(C)CCC=Cc1ccccc1.[Cl-]. The summed E-state index contributed by atoms with van der Waals surface area (Å²) in [5.74, 6) is 0. The molecule has 2 heteroatoms. The van der Waals surface area contributed by atoms with Crippen molar-refractivity contribution in [2.75, 3.05) is 27.2 Å². The van der Waals surface area contributed by atoms with E-state index in [2.05, 4.69) is 63.5 Å². The molecule has 0 aliphatic carbocycles. The number of hydrogen-bond donors (Lipinski definition) is 0. The third-order valence-electron chi connectivity index (χ3n) is 2.84. The van der Waals surface area contributed by atoms with E-state index < -0.39 is 0 Å². The number of hydrogen-bond acceptors (Lipinski definition) is 0. The summed E-state index contributed by atoms with van der Waals surface area (Å²) < 4.78 is 1.12. The van der Waals surface area contributed by atoms with Crippen LogP contribution in [0.2, 0.25) is 0 Å². The van der Waals surface area contributed by atoms with Gasteiger partial charge in [-0.3, -0.25) is 0 Å². The van der Waals surface area contributed by atoms with Crippen LogP contribution in [0.25, 0.3) is 6.08 Å². The summed E-state index contributed by atoms with van der Waals surface area (Å²) in [5.41, 5.74) is 1.29. The van der Waals surface area contributed by atoms with Gasteiger partial charge in [-0.15, -0.1) is 0 Å². The molecule has 0 radical (unpaired) electrons. The van der Waals surface area contributed by atoms with Crippen LogP contribution in [0.15, 0.2) is 36.4 Å². The van der Waals surface area contributed by atoms with E-state index in [0.717, 1.165) is 10.9 Å². The maximum atomic E-state index is 2.31. The van der Waals surface area contributed by atoms with Crippen molar-refractivity contribution in [2.24, 2.45) is 0 Å². The smallest absolute Gasteiger partial charge is 0.0817 e. The minimum absolute atomic E-state index is 0. The highest BCUT2D eigenvalue weighted by Gasteiger charge is 2.10. The molecule has 0 unspecified atom stereocenters. The zero-order valence-corrected chi connectivity index (χ0v) is 12.0. The first-order valence-corrected chi connectivity index (χ1v) is 6.17. The zero-order chi connectivity index (χ0) is 11.9. The highest BCUT2D eigenvalue weighted by Crippen LogP contribution is 2.05. The molecule has 0 N–H and O–H groups in total. The van der Waals surface area contributed by atoms with E-state index in [1.54, 1.807) is 0 Å². The number of benzene rings is 1. The van der Waals surface area contributed by atoms with Crippen molar-refractivity contribution >= 4 is 6.08 Å². The zero-order valence-electron chi connectivity index (χ0n) is 11.2. The van der Waals surface area contributed by atoms with Crippen molar-refractivity contribution in [1.29, 1.82) is 0 Å². The Kier molecular flexibility index (Phi) is 7.94. The Morgan fingerprint density at radius 2 is 1.71 bits per heavy atom. The van der Waals surface area contributed by atoms with Crippen LogP contribution in [0.3, 0.4) is 0 Å². The van der Waals surface area contributed by atoms with Gasteiger partial charge in [0.25, 0.3) is 0 Å². The van der Waals surface area contributed by atoms with E-state index in [1.807, 2.05) is 0 Å². The van der Waals surface area contributed by atoms with Gasteiger partial charge in [0.05, 0.1) is 27.2 Å². The fourth-order valence-electron chi connectivity index (χ4n) is 1.92. The molecule has 1 aromatic carbocycles.